The van der Waals surface area contributed by atoms with E-state index in [1.54, 1.807) is 13.0 Å². The molecule has 1 unspecified atom stereocenters. The standard InChI is InChI=1S/C27H26BrClN4O4/c1-16(26(34)35)9-12-36-18-7-8-19(21(29)13-18)23-32-22-24(30-15-31-25(22)37-27(2)10-11-27)33(23)14-17-5-3-4-6-20(17)28/h3-8,13,15-16H,9-12,14H2,1-2H3,(H,34,35). The summed E-state index contributed by atoms with van der Waals surface area (Å²) >= 11 is 10.4. The minimum atomic E-state index is -0.844. The fourth-order valence-electron chi connectivity index (χ4n) is 3.90. The molecular weight excluding hydrogens is 560 g/mol. The lowest BCUT2D eigenvalue weighted by atomic mass is 10.1. The van der Waals surface area contributed by atoms with Crippen molar-refractivity contribution in [2.45, 2.75) is 45.3 Å². The van der Waals surface area contributed by atoms with Crippen LogP contribution in [0.4, 0.5) is 0 Å². The Morgan fingerprint density at radius 3 is 2.73 bits per heavy atom. The van der Waals surface area contributed by atoms with Gasteiger partial charge in [0.15, 0.2) is 11.2 Å². The average molecular weight is 586 g/mol. The number of ether oxygens (including phenoxy) is 2. The van der Waals surface area contributed by atoms with Crippen LogP contribution < -0.4 is 9.47 Å². The lowest BCUT2D eigenvalue weighted by molar-refractivity contribution is -0.141. The highest BCUT2D eigenvalue weighted by Crippen LogP contribution is 2.41. The lowest BCUT2D eigenvalue weighted by Crippen LogP contribution is -2.13. The van der Waals surface area contributed by atoms with Crippen molar-refractivity contribution in [2.24, 2.45) is 5.92 Å². The molecule has 0 saturated heterocycles. The summed E-state index contributed by atoms with van der Waals surface area (Å²) in [6.45, 7) is 4.50. The first-order chi connectivity index (χ1) is 17.7. The Labute approximate surface area is 227 Å². The van der Waals surface area contributed by atoms with Gasteiger partial charge in [-0.1, -0.05) is 52.7 Å². The molecule has 2 aromatic carbocycles. The van der Waals surface area contributed by atoms with E-state index < -0.39 is 11.9 Å². The Hall–Kier alpha value is -3.17. The number of halogens is 2. The highest BCUT2D eigenvalue weighted by Gasteiger charge is 2.41. The summed E-state index contributed by atoms with van der Waals surface area (Å²) in [5, 5.41) is 9.53. The second kappa shape index (κ2) is 10.3. The van der Waals surface area contributed by atoms with Crippen LogP contribution in [0.5, 0.6) is 11.6 Å². The molecule has 1 saturated carbocycles. The van der Waals surface area contributed by atoms with Crippen LogP contribution in [0.2, 0.25) is 5.02 Å². The van der Waals surface area contributed by atoms with Gasteiger partial charge >= 0.3 is 5.97 Å². The van der Waals surface area contributed by atoms with Gasteiger partial charge in [0.05, 0.1) is 24.1 Å². The fraction of sp³-hybridized carbons (Fsp3) is 0.333. The average Bonchev–Trinajstić information content (AvgIpc) is 3.48. The summed E-state index contributed by atoms with van der Waals surface area (Å²) in [5.74, 6) is 0.324. The van der Waals surface area contributed by atoms with Gasteiger partial charge in [-0.15, -0.1) is 0 Å². The number of carboxylic acids is 1. The zero-order chi connectivity index (χ0) is 26.2. The number of carbonyl (C=O) groups is 1. The maximum Gasteiger partial charge on any atom is 0.306 e. The van der Waals surface area contributed by atoms with Crippen LogP contribution in [0.15, 0.2) is 53.3 Å². The van der Waals surface area contributed by atoms with E-state index in [1.807, 2.05) is 41.0 Å². The molecule has 1 aliphatic carbocycles. The van der Waals surface area contributed by atoms with E-state index in [-0.39, 0.29) is 12.2 Å². The predicted molar refractivity (Wildman–Crippen MR) is 144 cm³/mol. The molecule has 8 nitrogen and oxygen atoms in total. The van der Waals surface area contributed by atoms with E-state index in [2.05, 4.69) is 32.8 Å². The van der Waals surface area contributed by atoms with Gasteiger partial charge < -0.3 is 19.1 Å². The van der Waals surface area contributed by atoms with E-state index >= 15 is 0 Å². The summed E-state index contributed by atoms with van der Waals surface area (Å²) in [6.07, 6.45) is 3.85. The molecule has 1 N–H and O–H groups in total. The first-order valence-electron chi connectivity index (χ1n) is 12.0. The molecule has 0 aliphatic heterocycles. The second-order valence-corrected chi connectivity index (χ2v) is 10.8. The Bertz CT molecular complexity index is 1470. The summed E-state index contributed by atoms with van der Waals surface area (Å²) < 4.78 is 14.9. The first-order valence-corrected chi connectivity index (χ1v) is 13.2. The van der Waals surface area contributed by atoms with E-state index in [4.69, 9.17) is 31.2 Å². The van der Waals surface area contributed by atoms with Gasteiger partial charge in [-0.05, 0) is 56.0 Å². The summed E-state index contributed by atoms with van der Waals surface area (Å²) in [7, 11) is 0. The van der Waals surface area contributed by atoms with Gasteiger partial charge in [-0.2, -0.15) is 4.98 Å². The lowest BCUT2D eigenvalue weighted by Gasteiger charge is -2.13. The number of imidazole rings is 1. The fourth-order valence-corrected chi connectivity index (χ4v) is 4.56. The van der Waals surface area contributed by atoms with Gasteiger partial charge in [0.1, 0.15) is 23.5 Å². The molecule has 0 bridgehead atoms. The van der Waals surface area contributed by atoms with Crippen LogP contribution in [0.3, 0.4) is 0 Å². The smallest absolute Gasteiger partial charge is 0.306 e. The molecule has 2 heterocycles. The van der Waals surface area contributed by atoms with Crippen LogP contribution in [-0.4, -0.2) is 42.8 Å². The van der Waals surface area contributed by atoms with E-state index in [9.17, 15) is 4.79 Å². The molecule has 10 heteroatoms. The van der Waals surface area contributed by atoms with Crippen molar-refractivity contribution in [3.8, 4) is 23.0 Å². The van der Waals surface area contributed by atoms with Crippen LogP contribution in [0.25, 0.3) is 22.6 Å². The molecule has 0 spiro atoms. The highest BCUT2D eigenvalue weighted by molar-refractivity contribution is 9.10. The number of aromatic nitrogens is 4. The number of aliphatic carboxylic acids is 1. The van der Waals surface area contributed by atoms with Crippen molar-refractivity contribution in [1.29, 1.82) is 0 Å². The molecule has 0 radical (unpaired) electrons. The number of rotatable bonds is 10. The normalized spacial score (nSPS) is 14.9. The maximum atomic E-state index is 11.1. The Kier molecular flexibility index (Phi) is 7.09. The summed E-state index contributed by atoms with van der Waals surface area (Å²) in [4.78, 5) is 24.9. The van der Waals surface area contributed by atoms with E-state index in [0.717, 1.165) is 22.9 Å². The van der Waals surface area contributed by atoms with E-state index in [1.165, 1.54) is 6.33 Å². The number of fused-ring (bicyclic) bond motifs is 1. The Morgan fingerprint density at radius 2 is 2.03 bits per heavy atom. The van der Waals surface area contributed by atoms with Gasteiger partial charge in [-0.25, -0.2) is 9.97 Å². The summed E-state index contributed by atoms with van der Waals surface area (Å²) in [5.41, 5.74) is 2.78. The van der Waals surface area contributed by atoms with Crippen molar-refractivity contribution in [3.05, 3.63) is 63.9 Å². The zero-order valence-corrected chi connectivity index (χ0v) is 22.8. The molecule has 1 fully saturated rings. The number of nitrogens with zero attached hydrogens (tertiary/aromatic N) is 4. The number of benzene rings is 2. The molecule has 1 aliphatic rings. The van der Waals surface area contributed by atoms with Gasteiger partial charge in [0, 0.05) is 10.0 Å². The van der Waals surface area contributed by atoms with Crippen molar-refractivity contribution >= 4 is 44.7 Å². The van der Waals surface area contributed by atoms with Crippen molar-refractivity contribution in [1.82, 2.24) is 19.5 Å². The molecule has 0 amide bonds. The quantitative estimate of drug-likeness (QED) is 0.231. The SMILES string of the molecule is CC(CCOc1ccc(-c2nc3c(OC4(C)CC4)ncnc3n2Cc2ccccc2Br)c(Cl)c1)C(=O)O. The molecule has 4 aromatic rings. The largest absolute Gasteiger partial charge is 0.494 e. The van der Waals surface area contributed by atoms with Gasteiger partial charge in [0.2, 0.25) is 5.88 Å². The minimum Gasteiger partial charge on any atom is -0.494 e. The van der Waals surface area contributed by atoms with Crippen LogP contribution in [-0.2, 0) is 11.3 Å². The summed E-state index contributed by atoms with van der Waals surface area (Å²) in [6, 6.07) is 13.4. The van der Waals surface area contributed by atoms with Gasteiger partial charge in [0.25, 0.3) is 0 Å². The second-order valence-electron chi connectivity index (χ2n) is 9.53. The van der Waals surface area contributed by atoms with Crippen LogP contribution in [0, 0.1) is 5.92 Å². The monoisotopic (exact) mass is 584 g/mol. The van der Waals surface area contributed by atoms with Crippen molar-refractivity contribution in [3.63, 3.8) is 0 Å². The Balaban J connectivity index is 1.53. The third-order valence-corrected chi connectivity index (χ3v) is 7.59. The molecule has 5 rings (SSSR count). The topological polar surface area (TPSA) is 99.4 Å². The third kappa shape index (κ3) is 5.57. The first kappa shape index (κ1) is 25.5. The molecular formula is C27H26BrClN4O4. The maximum absolute atomic E-state index is 11.1. The zero-order valence-electron chi connectivity index (χ0n) is 20.4. The van der Waals surface area contributed by atoms with Crippen LogP contribution in [0.1, 0.15) is 38.7 Å². The highest BCUT2D eigenvalue weighted by atomic mass is 79.9. The minimum absolute atomic E-state index is 0.220. The van der Waals surface area contributed by atoms with E-state index in [0.29, 0.717) is 52.2 Å². The molecule has 192 valence electrons. The number of hydrogen-bond donors (Lipinski definition) is 1. The third-order valence-electron chi connectivity index (χ3n) is 6.50. The predicted octanol–water partition coefficient (Wildman–Crippen LogP) is 6.38. The van der Waals surface area contributed by atoms with Crippen molar-refractivity contribution in [2.75, 3.05) is 6.61 Å². The van der Waals surface area contributed by atoms with Crippen LogP contribution >= 0.6 is 27.5 Å². The van der Waals surface area contributed by atoms with Crippen molar-refractivity contribution < 1.29 is 19.4 Å². The molecule has 2 aromatic heterocycles. The number of carboxylic acid groups (broad SMARTS) is 1. The van der Waals surface area contributed by atoms with Gasteiger partial charge in [-0.3, -0.25) is 4.79 Å². The number of hydrogen-bond acceptors (Lipinski definition) is 6. The Morgan fingerprint density at radius 1 is 1.24 bits per heavy atom. The molecule has 1 atom stereocenters. The molecule has 37 heavy (non-hydrogen) atoms.